The van der Waals surface area contributed by atoms with E-state index in [0.717, 1.165) is 0 Å². The molecule has 0 spiro atoms. The summed E-state index contributed by atoms with van der Waals surface area (Å²) in [6.07, 6.45) is 0.714. The zero-order chi connectivity index (χ0) is 10.8. The van der Waals surface area contributed by atoms with Crippen LogP contribution in [0.25, 0.3) is 0 Å². The second kappa shape index (κ2) is 7.86. The number of carbonyl (C=O) groups is 1. The first-order valence-electron chi connectivity index (χ1n) is 4.11. The number of methoxy groups -OCH3 is 1. The average molecular weight is 194 g/mol. The van der Waals surface area contributed by atoms with E-state index in [0.29, 0.717) is 6.26 Å². The zero-order valence-electron chi connectivity index (χ0n) is 8.31. The summed E-state index contributed by atoms with van der Waals surface area (Å²) < 4.78 is 4.24. The van der Waals surface area contributed by atoms with Crippen LogP contribution in [0.3, 0.4) is 0 Å². The lowest BCUT2D eigenvalue weighted by Crippen LogP contribution is -2.00. The smallest absolute Gasteiger partial charge is 0.336 e. The van der Waals surface area contributed by atoms with Crippen molar-refractivity contribution < 1.29 is 14.6 Å². The van der Waals surface area contributed by atoms with Gasteiger partial charge in [-0.2, -0.15) is 0 Å². The third-order valence-electron chi connectivity index (χ3n) is 1.37. The van der Waals surface area contributed by atoms with E-state index < -0.39 is 5.97 Å². The van der Waals surface area contributed by atoms with Crippen molar-refractivity contribution >= 4 is 5.97 Å². The molecule has 1 aromatic carbocycles. The molecule has 0 atom stereocenters. The van der Waals surface area contributed by atoms with Crippen LogP contribution < -0.4 is 0 Å². The normalized spacial score (nSPS) is 9.71. The minimum absolute atomic E-state index is 0.201. The molecular formula is C11H14O3. The molecule has 0 unspecified atom stereocenters. The maximum Gasteiger partial charge on any atom is 0.336 e. The summed E-state index contributed by atoms with van der Waals surface area (Å²) in [7, 11) is 1.26. The van der Waals surface area contributed by atoms with Crippen LogP contribution in [0.2, 0.25) is 0 Å². The maximum atomic E-state index is 10.3. The molecule has 1 aromatic rings. The van der Waals surface area contributed by atoms with E-state index >= 15 is 0 Å². The molecular weight excluding hydrogens is 180 g/mol. The molecule has 0 aliphatic rings. The Kier molecular flexibility index (Phi) is 6.86. The van der Waals surface area contributed by atoms with Crippen molar-refractivity contribution in [3.63, 3.8) is 0 Å². The van der Waals surface area contributed by atoms with E-state index in [2.05, 4.69) is 4.74 Å². The molecule has 1 rings (SSSR count). The predicted octanol–water partition coefficient (Wildman–Crippen LogP) is 2.31. The lowest BCUT2D eigenvalue weighted by Gasteiger charge is -1.92. The van der Waals surface area contributed by atoms with E-state index in [1.54, 1.807) is 0 Å². The van der Waals surface area contributed by atoms with Crippen LogP contribution >= 0.6 is 0 Å². The molecule has 0 saturated carbocycles. The molecule has 3 heteroatoms. The van der Waals surface area contributed by atoms with Crippen molar-refractivity contribution in [2.45, 2.75) is 6.92 Å². The number of hydrogen-bond acceptors (Lipinski definition) is 3. The quantitative estimate of drug-likeness (QED) is 0.424. The Hall–Kier alpha value is -1.77. The predicted molar refractivity (Wildman–Crippen MR) is 54.8 cm³/mol. The van der Waals surface area contributed by atoms with Crippen molar-refractivity contribution in [3.05, 3.63) is 48.2 Å². The Labute approximate surface area is 83.6 Å². The van der Waals surface area contributed by atoms with Gasteiger partial charge in [-0.3, -0.25) is 0 Å². The van der Waals surface area contributed by atoms with Gasteiger partial charge in [-0.1, -0.05) is 36.4 Å². The van der Waals surface area contributed by atoms with Crippen molar-refractivity contribution in [1.82, 2.24) is 0 Å². The summed E-state index contributed by atoms with van der Waals surface area (Å²) in [5.74, 6) is -0.507. The van der Waals surface area contributed by atoms with E-state index in [1.807, 2.05) is 36.4 Å². The van der Waals surface area contributed by atoms with Crippen LogP contribution in [0, 0.1) is 0 Å². The van der Waals surface area contributed by atoms with E-state index in [1.165, 1.54) is 14.0 Å². The standard InChI is InChI=1S/C6H6.C5H8O3/c1-2-4-6-5-3-1;1-4(3-6)5(7)8-2/h1-6H;3,6H,1-2H3. The third-order valence-corrected chi connectivity index (χ3v) is 1.37. The van der Waals surface area contributed by atoms with E-state index in [-0.39, 0.29) is 5.57 Å². The van der Waals surface area contributed by atoms with Crippen molar-refractivity contribution in [3.8, 4) is 0 Å². The third kappa shape index (κ3) is 5.83. The molecule has 0 fully saturated rings. The van der Waals surface area contributed by atoms with Crippen LogP contribution in [0.1, 0.15) is 6.92 Å². The topological polar surface area (TPSA) is 46.5 Å². The summed E-state index contributed by atoms with van der Waals surface area (Å²) >= 11 is 0. The molecule has 0 heterocycles. The first-order chi connectivity index (χ1) is 6.72. The molecule has 0 amide bonds. The summed E-state index contributed by atoms with van der Waals surface area (Å²) in [6.45, 7) is 1.46. The van der Waals surface area contributed by atoms with Gasteiger partial charge in [0.1, 0.15) is 0 Å². The second-order valence-electron chi connectivity index (χ2n) is 2.46. The summed E-state index contributed by atoms with van der Waals surface area (Å²) in [5.41, 5.74) is 0.201. The van der Waals surface area contributed by atoms with Gasteiger partial charge >= 0.3 is 5.97 Å². The number of aliphatic hydroxyl groups is 1. The number of esters is 1. The van der Waals surface area contributed by atoms with Crippen molar-refractivity contribution in [1.29, 1.82) is 0 Å². The lowest BCUT2D eigenvalue weighted by molar-refractivity contribution is -0.136. The van der Waals surface area contributed by atoms with Crippen molar-refractivity contribution in [2.24, 2.45) is 0 Å². The summed E-state index contributed by atoms with van der Waals surface area (Å²) in [6, 6.07) is 12.0. The molecule has 14 heavy (non-hydrogen) atoms. The summed E-state index contributed by atoms with van der Waals surface area (Å²) in [5, 5.41) is 8.17. The van der Waals surface area contributed by atoms with Gasteiger partial charge in [-0.25, -0.2) is 4.79 Å². The molecule has 0 aromatic heterocycles. The van der Waals surface area contributed by atoms with E-state index in [9.17, 15) is 4.79 Å². The Morgan fingerprint density at radius 1 is 1.14 bits per heavy atom. The Balaban J connectivity index is 0.000000249. The second-order valence-corrected chi connectivity index (χ2v) is 2.46. The molecule has 0 aliphatic heterocycles. The maximum absolute atomic E-state index is 10.3. The fraction of sp³-hybridized carbons (Fsp3) is 0.182. The molecule has 0 saturated heterocycles. The van der Waals surface area contributed by atoms with Gasteiger partial charge in [0.15, 0.2) is 0 Å². The van der Waals surface area contributed by atoms with Gasteiger partial charge in [0, 0.05) is 0 Å². The monoisotopic (exact) mass is 194 g/mol. The molecule has 0 bridgehead atoms. The Bertz CT molecular complexity index is 251. The fourth-order valence-electron chi connectivity index (χ4n) is 0.599. The number of aliphatic hydroxyl groups excluding tert-OH is 1. The summed E-state index contributed by atoms with van der Waals surface area (Å²) in [4.78, 5) is 10.3. The Morgan fingerprint density at radius 2 is 1.50 bits per heavy atom. The van der Waals surface area contributed by atoms with Crippen LogP contribution in [-0.4, -0.2) is 18.2 Å². The largest absolute Gasteiger partial charge is 0.515 e. The highest BCUT2D eigenvalue weighted by Gasteiger charge is 1.99. The van der Waals surface area contributed by atoms with Crippen LogP contribution in [-0.2, 0) is 9.53 Å². The highest BCUT2D eigenvalue weighted by atomic mass is 16.5. The van der Waals surface area contributed by atoms with Gasteiger partial charge in [-0.15, -0.1) is 0 Å². The number of carbonyl (C=O) groups excluding carboxylic acids is 1. The molecule has 0 aliphatic carbocycles. The number of benzene rings is 1. The minimum atomic E-state index is -0.507. The number of rotatable bonds is 1. The van der Waals surface area contributed by atoms with Crippen LogP contribution in [0.4, 0.5) is 0 Å². The van der Waals surface area contributed by atoms with Crippen LogP contribution in [0.5, 0.6) is 0 Å². The van der Waals surface area contributed by atoms with Crippen molar-refractivity contribution in [2.75, 3.05) is 7.11 Å². The Morgan fingerprint density at radius 3 is 1.64 bits per heavy atom. The van der Waals surface area contributed by atoms with Gasteiger partial charge in [0.25, 0.3) is 0 Å². The van der Waals surface area contributed by atoms with Gasteiger partial charge in [0.2, 0.25) is 0 Å². The van der Waals surface area contributed by atoms with Gasteiger partial charge < -0.3 is 9.84 Å². The molecule has 1 N–H and O–H groups in total. The van der Waals surface area contributed by atoms with Gasteiger partial charge in [0.05, 0.1) is 18.9 Å². The van der Waals surface area contributed by atoms with Crippen LogP contribution in [0.15, 0.2) is 48.2 Å². The first-order valence-corrected chi connectivity index (χ1v) is 4.11. The molecule has 3 nitrogen and oxygen atoms in total. The molecule has 0 radical (unpaired) electrons. The average Bonchev–Trinajstić information content (AvgIpc) is 2.30. The first kappa shape index (κ1) is 12.2. The zero-order valence-corrected chi connectivity index (χ0v) is 8.31. The number of hydrogen-bond donors (Lipinski definition) is 1. The highest BCUT2D eigenvalue weighted by molar-refractivity contribution is 5.87. The van der Waals surface area contributed by atoms with Gasteiger partial charge in [-0.05, 0) is 6.92 Å². The lowest BCUT2D eigenvalue weighted by atomic mass is 10.3. The SMILES string of the molecule is COC(=O)C(C)=CO.c1ccccc1. The molecule has 76 valence electrons. The van der Waals surface area contributed by atoms with E-state index in [4.69, 9.17) is 5.11 Å². The highest BCUT2D eigenvalue weighted by Crippen LogP contribution is 1.91. The fourth-order valence-corrected chi connectivity index (χ4v) is 0.599. The minimum Gasteiger partial charge on any atom is -0.515 e. The number of ether oxygens (including phenoxy) is 1.